The van der Waals surface area contributed by atoms with Crippen molar-refractivity contribution in [3.63, 3.8) is 0 Å². The van der Waals surface area contributed by atoms with Crippen molar-refractivity contribution in [2.24, 2.45) is 0 Å². The first-order valence-corrected chi connectivity index (χ1v) is 14.0. The molecule has 2 aliphatic heterocycles. The van der Waals surface area contributed by atoms with E-state index in [0.29, 0.717) is 41.5 Å². The fourth-order valence-electron chi connectivity index (χ4n) is 4.08. The molecule has 206 valence electrons. The van der Waals surface area contributed by atoms with Crippen molar-refractivity contribution < 1.29 is 23.9 Å². The van der Waals surface area contributed by atoms with Crippen LogP contribution in [-0.2, 0) is 29.1 Å². The highest BCUT2D eigenvalue weighted by Crippen LogP contribution is 2.28. The summed E-state index contributed by atoms with van der Waals surface area (Å²) in [6.45, 7) is 0.837. The van der Waals surface area contributed by atoms with Gasteiger partial charge in [-0.25, -0.2) is 4.68 Å². The molecule has 5 rings (SSSR count). The van der Waals surface area contributed by atoms with E-state index in [4.69, 9.17) is 9.47 Å². The van der Waals surface area contributed by atoms with Crippen molar-refractivity contribution >= 4 is 29.5 Å². The van der Waals surface area contributed by atoms with Crippen molar-refractivity contribution in [2.75, 3.05) is 25.7 Å². The van der Waals surface area contributed by atoms with E-state index in [2.05, 4.69) is 26.3 Å². The lowest BCUT2D eigenvalue weighted by Crippen LogP contribution is -2.54. The van der Waals surface area contributed by atoms with E-state index in [1.807, 2.05) is 36.6 Å². The highest BCUT2D eigenvalue weighted by molar-refractivity contribution is 7.98. The Kier molecular flexibility index (Phi) is 9.79. The number of thioether (sulfide) groups is 1. The topological polar surface area (TPSA) is 136 Å². The molecule has 2 aromatic carbocycles. The van der Waals surface area contributed by atoms with Crippen LogP contribution in [0.25, 0.3) is 0 Å². The molecule has 0 spiro atoms. The third kappa shape index (κ3) is 7.73. The Hall–Kier alpha value is -4.06. The standard InChI is InChI=1S/C27H32N6O5S/c1-37-24-15-19-8-9-23(24)38-12-11-33-17-20(31-32-33)16-28-26(35)22(14-18-6-4-3-5-7-18)30-27(36)21(10-13-39-2)29-25(19)34/h3-9,15,17,21-22H,10-14,16H2,1-2H3,(H,28,35)(H,29,34)(H,30,36)/t21-,22-/m0/s1. The number of ether oxygens (including phenoxy) is 2. The number of fused-ring (bicyclic) bond motifs is 12. The summed E-state index contributed by atoms with van der Waals surface area (Å²) in [6, 6.07) is 12.6. The molecule has 3 heterocycles. The number of hydrogen-bond acceptors (Lipinski definition) is 8. The molecule has 0 aliphatic carbocycles. The molecule has 11 nitrogen and oxygen atoms in total. The van der Waals surface area contributed by atoms with Gasteiger partial charge >= 0.3 is 0 Å². The molecular weight excluding hydrogens is 520 g/mol. The van der Waals surface area contributed by atoms with Gasteiger partial charge < -0.3 is 25.4 Å². The molecule has 3 N–H and O–H groups in total. The van der Waals surface area contributed by atoms with Crippen molar-refractivity contribution in [3.05, 3.63) is 71.5 Å². The zero-order valence-corrected chi connectivity index (χ0v) is 22.7. The van der Waals surface area contributed by atoms with E-state index in [0.717, 1.165) is 5.56 Å². The third-order valence-corrected chi connectivity index (χ3v) is 6.83. The summed E-state index contributed by atoms with van der Waals surface area (Å²) in [4.78, 5) is 39.9. The fraction of sp³-hybridized carbons (Fsp3) is 0.370. The van der Waals surface area contributed by atoms with Crippen LogP contribution in [0.3, 0.4) is 0 Å². The molecule has 0 fully saturated rings. The molecule has 39 heavy (non-hydrogen) atoms. The van der Waals surface area contributed by atoms with Crippen molar-refractivity contribution in [1.29, 1.82) is 0 Å². The van der Waals surface area contributed by atoms with Crippen LogP contribution in [0.1, 0.15) is 28.0 Å². The third-order valence-electron chi connectivity index (χ3n) is 6.18. The fourth-order valence-corrected chi connectivity index (χ4v) is 4.56. The number of benzene rings is 2. The molecule has 12 heteroatoms. The van der Waals surface area contributed by atoms with Crippen LogP contribution in [0.15, 0.2) is 54.7 Å². The summed E-state index contributed by atoms with van der Waals surface area (Å²) in [5.74, 6) is 0.266. The van der Waals surface area contributed by atoms with Gasteiger partial charge in [0.25, 0.3) is 5.91 Å². The maximum Gasteiger partial charge on any atom is 0.252 e. The average molecular weight is 553 g/mol. The van der Waals surface area contributed by atoms with Crippen LogP contribution in [-0.4, -0.2) is 70.5 Å². The lowest BCUT2D eigenvalue weighted by Gasteiger charge is -2.23. The molecule has 0 unspecified atom stereocenters. The minimum Gasteiger partial charge on any atom is -0.493 e. The van der Waals surface area contributed by atoms with Crippen LogP contribution in [0.4, 0.5) is 0 Å². The number of carbonyl (C=O) groups excluding carboxylic acids is 3. The summed E-state index contributed by atoms with van der Waals surface area (Å²) in [5, 5.41) is 16.8. The minimum atomic E-state index is -0.863. The molecule has 3 aromatic rings. The summed E-state index contributed by atoms with van der Waals surface area (Å²) < 4.78 is 12.9. The molecule has 0 saturated heterocycles. The Bertz CT molecular complexity index is 1280. The number of aromatic nitrogens is 3. The maximum absolute atomic E-state index is 13.4. The normalized spacial score (nSPS) is 18.6. The summed E-state index contributed by atoms with van der Waals surface area (Å²) in [7, 11) is 1.49. The zero-order valence-electron chi connectivity index (χ0n) is 21.9. The van der Waals surface area contributed by atoms with Gasteiger partial charge in [-0.1, -0.05) is 35.5 Å². The van der Waals surface area contributed by atoms with Crippen molar-refractivity contribution in [2.45, 2.75) is 38.0 Å². The summed E-state index contributed by atoms with van der Waals surface area (Å²) in [6.07, 6.45) is 4.32. The predicted octanol–water partition coefficient (Wildman–Crippen LogP) is 1.57. The summed E-state index contributed by atoms with van der Waals surface area (Å²) >= 11 is 1.56. The number of rotatable bonds is 6. The monoisotopic (exact) mass is 552 g/mol. The number of methoxy groups -OCH3 is 1. The molecule has 0 radical (unpaired) electrons. The second-order valence-electron chi connectivity index (χ2n) is 8.96. The lowest BCUT2D eigenvalue weighted by atomic mass is 10.0. The van der Waals surface area contributed by atoms with E-state index in [1.165, 1.54) is 7.11 Å². The maximum atomic E-state index is 13.4. The molecule has 1 aromatic heterocycles. The van der Waals surface area contributed by atoms with Gasteiger partial charge in [0.15, 0.2) is 11.5 Å². The molecular formula is C27H32N6O5S. The molecule has 3 amide bonds. The Morgan fingerprint density at radius 2 is 1.90 bits per heavy atom. The smallest absolute Gasteiger partial charge is 0.252 e. The first-order valence-electron chi connectivity index (χ1n) is 12.6. The average Bonchev–Trinajstić information content (AvgIpc) is 3.41. The number of hydrogen-bond donors (Lipinski definition) is 3. The molecule has 2 aliphatic rings. The van der Waals surface area contributed by atoms with Gasteiger partial charge in [-0.2, -0.15) is 11.8 Å². The predicted molar refractivity (Wildman–Crippen MR) is 147 cm³/mol. The minimum absolute atomic E-state index is 0.141. The van der Waals surface area contributed by atoms with Crippen LogP contribution < -0.4 is 25.4 Å². The van der Waals surface area contributed by atoms with Crippen molar-refractivity contribution in [1.82, 2.24) is 30.9 Å². The number of amides is 3. The second-order valence-corrected chi connectivity index (χ2v) is 9.95. The van der Waals surface area contributed by atoms with Gasteiger partial charge in [0.1, 0.15) is 24.4 Å². The summed E-state index contributed by atoms with van der Waals surface area (Å²) in [5.41, 5.74) is 1.77. The Morgan fingerprint density at radius 3 is 2.67 bits per heavy atom. The number of carbonyl (C=O) groups is 3. The first kappa shape index (κ1) is 28.0. The largest absolute Gasteiger partial charge is 0.493 e. The Morgan fingerprint density at radius 1 is 1.08 bits per heavy atom. The van der Waals surface area contributed by atoms with E-state index in [9.17, 15) is 14.4 Å². The number of nitrogens with zero attached hydrogens (tertiary/aromatic N) is 3. The quantitative estimate of drug-likeness (QED) is 0.392. The lowest BCUT2D eigenvalue weighted by molar-refractivity contribution is -0.130. The molecule has 0 saturated carbocycles. The van der Waals surface area contributed by atoms with Crippen LogP contribution in [0.2, 0.25) is 0 Å². The van der Waals surface area contributed by atoms with Gasteiger partial charge in [-0.05, 0) is 42.2 Å². The van der Waals surface area contributed by atoms with Crippen LogP contribution >= 0.6 is 11.8 Å². The molecule has 4 bridgehead atoms. The first-order chi connectivity index (χ1) is 19.0. The highest BCUT2D eigenvalue weighted by atomic mass is 32.2. The van der Waals surface area contributed by atoms with Gasteiger partial charge in [0.05, 0.1) is 26.4 Å². The SMILES string of the molecule is COc1cc2ccc1OCCn1cc(nn1)CNC(=O)[C@H](Cc1ccccc1)NC(=O)[C@H](CCSC)NC2=O. The van der Waals surface area contributed by atoms with E-state index < -0.39 is 23.9 Å². The van der Waals surface area contributed by atoms with Crippen LogP contribution in [0.5, 0.6) is 11.5 Å². The second kappa shape index (κ2) is 13.7. The zero-order chi connectivity index (χ0) is 27.6. The highest BCUT2D eigenvalue weighted by Gasteiger charge is 2.27. The van der Waals surface area contributed by atoms with Crippen LogP contribution in [0, 0.1) is 0 Å². The Balaban J connectivity index is 1.64. The molecule has 2 atom stereocenters. The van der Waals surface area contributed by atoms with Gasteiger partial charge in [-0.15, -0.1) is 5.10 Å². The van der Waals surface area contributed by atoms with Gasteiger partial charge in [0.2, 0.25) is 11.8 Å². The van der Waals surface area contributed by atoms with Gasteiger partial charge in [0, 0.05) is 12.0 Å². The van der Waals surface area contributed by atoms with E-state index >= 15 is 0 Å². The number of nitrogens with one attached hydrogen (secondary N) is 3. The van der Waals surface area contributed by atoms with Gasteiger partial charge in [-0.3, -0.25) is 14.4 Å². The van der Waals surface area contributed by atoms with E-state index in [-0.39, 0.29) is 25.5 Å². The van der Waals surface area contributed by atoms with Crippen molar-refractivity contribution in [3.8, 4) is 11.5 Å². The Labute approximate surface area is 231 Å². The van der Waals surface area contributed by atoms with E-state index in [1.54, 1.807) is 40.8 Å².